The Kier molecular flexibility index (Phi) is 4.74. The largest absolute Gasteiger partial charge is 0.381 e. The van der Waals surface area contributed by atoms with Gasteiger partial charge in [-0.25, -0.2) is 0 Å². The predicted octanol–water partition coefficient (Wildman–Crippen LogP) is 0.910. The van der Waals surface area contributed by atoms with Crippen molar-refractivity contribution in [3.05, 3.63) is 0 Å². The first-order valence-electron chi connectivity index (χ1n) is 8.12. The third-order valence-electron chi connectivity index (χ3n) is 5.18. The molecule has 3 saturated heterocycles. The standard InChI is InChI=1S/C15H29N3O/c16-15-5-9-19-12-13(15)10-17-8-4-14(11-17)18-6-2-1-3-7-18/h13-15H,1-12,16H2. The van der Waals surface area contributed by atoms with Crippen molar-refractivity contribution in [2.45, 2.75) is 44.2 Å². The van der Waals surface area contributed by atoms with Crippen molar-refractivity contribution in [2.75, 3.05) is 45.9 Å². The van der Waals surface area contributed by atoms with Gasteiger partial charge in [-0.05, 0) is 45.3 Å². The topological polar surface area (TPSA) is 41.7 Å². The number of piperidine rings is 1. The Morgan fingerprint density at radius 2 is 1.89 bits per heavy atom. The van der Waals surface area contributed by atoms with E-state index in [0.717, 1.165) is 32.2 Å². The summed E-state index contributed by atoms with van der Waals surface area (Å²) in [6.45, 7) is 8.02. The van der Waals surface area contributed by atoms with Crippen LogP contribution in [0.25, 0.3) is 0 Å². The molecule has 0 amide bonds. The average molecular weight is 267 g/mol. The summed E-state index contributed by atoms with van der Waals surface area (Å²) in [4.78, 5) is 5.35. The number of hydrogen-bond donors (Lipinski definition) is 1. The molecule has 4 nitrogen and oxygen atoms in total. The lowest BCUT2D eigenvalue weighted by Gasteiger charge is -2.34. The van der Waals surface area contributed by atoms with Crippen LogP contribution >= 0.6 is 0 Å². The van der Waals surface area contributed by atoms with Crippen LogP contribution < -0.4 is 5.73 Å². The third-order valence-corrected chi connectivity index (χ3v) is 5.18. The van der Waals surface area contributed by atoms with E-state index < -0.39 is 0 Å². The summed E-state index contributed by atoms with van der Waals surface area (Å²) in [6.07, 6.45) is 6.62. The molecule has 0 saturated carbocycles. The maximum Gasteiger partial charge on any atom is 0.0521 e. The van der Waals surface area contributed by atoms with E-state index in [9.17, 15) is 0 Å². The zero-order chi connectivity index (χ0) is 13.1. The van der Waals surface area contributed by atoms with Crippen LogP contribution in [-0.4, -0.2) is 67.8 Å². The summed E-state index contributed by atoms with van der Waals surface area (Å²) in [5.41, 5.74) is 6.22. The second kappa shape index (κ2) is 6.53. The fourth-order valence-electron chi connectivity index (χ4n) is 3.89. The molecule has 3 aliphatic rings. The number of ether oxygens (including phenoxy) is 1. The van der Waals surface area contributed by atoms with E-state index in [-0.39, 0.29) is 0 Å². The number of nitrogens with zero attached hydrogens (tertiary/aromatic N) is 2. The maximum absolute atomic E-state index is 6.22. The zero-order valence-electron chi connectivity index (χ0n) is 12.1. The van der Waals surface area contributed by atoms with Crippen molar-refractivity contribution in [3.63, 3.8) is 0 Å². The molecule has 19 heavy (non-hydrogen) atoms. The van der Waals surface area contributed by atoms with Gasteiger partial charge in [-0.2, -0.15) is 0 Å². The Morgan fingerprint density at radius 1 is 1.05 bits per heavy atom. The van der Waals surface area contributed by atoms with E-state index in [0.29, 0.717) is 12.0 Å². The fraction of sp³-hybridized carbons (Fsp3) is 1.00. The van der Waals surface area contributed by atoms with E-state index in [1.54, 1.807) is 0 Å². The summed E-state index contributed by atoms with van der Waals surface area (Å²) in [7, 11) is 0. The molecule has 3 atom stereocenters. The second-order valence-corrected chi connectivity index (χ2v) is 6.59. The number of hydrogen-bond acceptors (Lipinski definition) is 4. The highest BCUT2D eigenvalue weighted by molar-refractivity contribution is 4.87. The summed E-state index contributed by atoms with van der Waals surface area (Å²) in [5, 5.41) is 0. The zero-order valence-corrected chi connectivity index (χ0v) is 12.1. The van der Waals surface area contributed by atoms with Gasteiger partial charge in [-0.15, -0.1) is 0 Å². The van der Waals surface area contributed by atoms with E-state index in [2.05, 4.69) is 9.80 Å². The lowest BCUT2D eigenvalue weighted by Crippen LogP contribution is -2.46. The van der Waals surface area contributed by atoms with E-state index in [4.69, 9.17) is 10.5 Å². The predicted molar refractivity (Wildman–Crippen MR) is 77.2 cm³/mol. The van der Waals surface area contributed by atoms with Gasteiger partial charge in [0.1, 0.15) is 0 Å². The molecule has 110 valence electrons. The minimum Gasteiger partial charge on any atom is -0.381 e. The molecule has 3 rings (SSSR count). The minimum atomic E-state index is 0.350. The molecule has 0 radical (unpaired) electrons. The molecule has 3 heterocycles. The van der Waals surface area contributed by atoms with Crippen molar-refractivity contribution in [1.82, 2.24) is 9.80 Å². The second-order valence-electron chi connectivity index (χ2n) is 6.59. The van der Waals surface area contributed by atoms with Gasteiger partial charge in [0.2, 0.25) is 0 Å². The summed E-state index contributed by atoms with van der Waals surface area (Å²) >= 11 is 0. The summed E-state index contributed by atoms with van der Waals surface area (Å²) in [6, 6.07) is 1.16. The average Bonchev–Trinajstić information content (AvgIpc) is 2.91. The summed E-state index contributed by atoms with van der Waals surface area (Å²) < 4.78 is 5.59. The van der Waals surface area contributed by atoms with Gasteiger partial charge in [0.25, 0.3) is 0 Å². The molecule has 4 heteroatoms. The number of likely N-dealkylation sites (tertiary alicyclic amines) is 2. The van der Waals surface area contributed by atoms with Gasteiger partial charge in [0.15, 0.2) is 0 Å². The number of rotatable bonds is 3. The van der Waals surface area contributed by atoms with Gasteiger partial charge < -0.3 is 15.4 Å². The summed E-state index contributed by atoms with van der Waals surface area (Å²) in [5.74, 6) is 0.550. The van der Waals surface area contributed by atoms with Gasteiger partial charge in [0.05, 0.1) is 6.61 Å². The molecule has 2 N–H and O–H groups in total. The normalized spacial score (nSPS) is 38.7. The Hall–Kier alpha value is -0.160. The van der Waals surface area contributed by atoms with Crippen LogP contribution in [0, 0.1) is 5.92 Å². The SMILES string of the molecule is NC1CCOCC1CN1CCC(N2CCCCC2)C1. The Morgan fingerprint density at radius 3 is 2.68 bits per heavy atom. The van der Waals surface area contributed by atoms with Crippen LogP contribution in [0.15, 0.2) is 0 Å². The number of nitrogens with two attached hydrogens (primary N) is 1. The molecule has 0 aromatic rings. The van der Waals surface area contributed by atoms with E-state index in [1.165, 1.54) is 51.9 Å². The smallest absolute Gasteiger partial charge is 0.0521 e. The molecular formula is C15H29N3O. The quantitative estimate of drug-likeness (QED) is 0.825. The van der Waals surface area contributed by atoms with Gasteiger partial charge >= 0.3 is 0 Å². The van der Waals surface area contributed by atoms with Crippen LogP contribution in [0.1, 0.15) is 32.1 Å². The van der Waals surface area contributed by atoms with Gasteiger partial charge in [-0.3, -0.25) is 4.90 Å². The van der Waals surface area contributed by atoms with Crippen molar-refractivity contribution < 1.29 is 4.74 Å². The van der Waals surface area contributed by atoms with E-state index in [1.807, 2.05) is 0 Å². The first-order valence-corrected chi connectivity index (χ1v) is 8.12. The first-order chi connectivity index (χ1) is 9.33. The first kappa shape index (κ1) is 13.8. The van der Waals surface area contributed by atoms with Crippen LogP contribution in [-0.2, 0) is 4.74 Å². The molecule has 0 aromatic heterocycles. The van der Waals surface area contributed by atoms with Crippen molar-refractivity contribution >= 4 is 0 Å². The molecule has 0 spiro atoms. The van der Waals surface area contributed by atoms with Crippen LogP contribution in [0.5, 0.6) is 0 Å². The molecule has 0 bridgehead atoms. The van der Waals surface area contributed by atoms with Gasteiger partial charge in [0, 0.05) is 37.7 Å². The highest BCUT2D eigenvalue weighted by Crippen LogP contribution is 2.22. The van der Waals surface area contributed by atoms with Crippen LogP contribution in [0.4, 0.5) is 0 Å². The molecule has 0 aliphatic carbocycles. The Bertz CT molecular complexity index is 281. The monoisotopic (exact) mass is 267 g/mol. The molecule has 3 fully saturated rings. The van der Waals surface area contributed by atoms with E-state index >= 15 is 0 Å². The minimum absolute atomic E-state index is 0.350. The molecule has 3 aliphatic heterocycles. The third kappa shape index (κ3) is 3.48. The van der Waals surface area contributed by atoms with Crippen molar-refractivity contribution in [1.29, 1.82) is 0 Å². The Balaban J connectivity index is 1.45. The highest BCUT2D eigenvalue weighted by Gasteiger charge is 2.31. The highest BCUT2D eigenvalue weighted by atomic mass is 16.5. The molecule has 3 unspecified atom stereocenters. The lowest BCUT2D eigenvalue weighted by molar-refractivity contribution is 0.0280. The van der Waals surface area contributed by atoms with Crippen molar-refractivity contribution in [3.8, 4) is 0 Å². The van der Waals surface area contributed by atoms with Crippen LogP contribution in [0.3, 0.4) is 0 Å². The maximum atomic E-state index is 6.22. The molecule has 0 aromatic carbocycles. The fourth-order valence-corrected chi connectivity index (χ4v) is 3.89. The van der Waals surface area contributed by atoms with Gasteiger partial charge in [-0.1, -0.05) is 6.42 Å². The van der Waals surface area contributed by atoms with Crippen LogP contribution in [0.2, 0.25) is 0 Å². The molecular weight excluding hydrogens is 238 g/mol. The van der Waals surface area contributed by atoms with Crippen molar-refractivity contribution in [2.24, 2.45) is 11.7 Å². The Labute approximate surface area is 117 Å². The lowest BCUT2D eigenvalue weighted by atomic mass is 9.96.